The number of hydrogen-bond acceptors (Lipinski definition) is 3. The van der Waals surface area contributed by atoms with Crippen molar-refractivity contribution in [3.63, 3.8) is 0 Å². The molecule has 4 heteroatoms. The number of nitrogens with zero attached hydrogens (tertiary/aromatic N) is 1. The minimum absolute atomic E-state index is 0.134. The van der Waals surface area contributed by atoms with E-state index in [1.807, 2.05) is 6.07 Å². The number of H-pyrrole nitrogens is 1. The monoisotopic (exact) mass is 308 g/mol. The van der Waals surface area contributed by atoms with E-state index >= 15 is 0 Å². The van der Waals surface area contributed by atoms with Crippen LogP contribution in [0.15, 0.2) is 48.7 Å². The van der Waals surface area contributed by atoms with Crippen LogP contribution in [0.5, 0.6) is 11.5 Å². The fraction of sp³-hybridized carbons (Fsp3) is 0.263. The Hall–Kier alpha value is -2.46. The lowest BCUT2D eigenvalue weighted by Gasteiger charge is -2.16. The molecule has 0 saturated carbocycles. The highest BCUT2D eigenvalue weighted by molar-refractivity contribution is 5.82. The summed E-state index contributed by atoms with van der Waals surface area (Å²) in [7, 11) is 0. The van der Waals surface area contributed by atoms with Gasteiger partial charge >= 0.3 is 0 Å². The van der Waals surface area contributed by atoms with Crippen molar-refractivity contribution in [1.29, 1.82) is 0 Å². The first-order chi connectivity index (χ1) is 11.2. The van der Waals surface area contributed by atoms with Gasteiger partial charge in [-0.05, 0) is 48.2 Å². The van der Waals surface area contributed by atoms with E-state index in [4.69, 9.17) is 0 Å². The molecule has 0 spiro atoms. The molecule has 0 radical (unpaired) electrons. The molecule has 3 aromatic rings. The third kappa shape index (κ3) is 2.78. The first-order valence-electron chi connectivity index (χ1n) is 7.99. The number of para-hydroxylation sites is 1. The normalized spacial score (nSPS) is 18.7. The lowest BCUT2D eigenvalue weighted by molar-refractivity contribution is 0.328. The molecule has 3 N–H and O–H groups in total. The van der Waals surface area contributed by atoms with Crippen molar-refractivity contribution in [2.24, 2.45) is 0 Å². The maximum absolute atomic E-state index is 9.67. The summed E-state index contributed by atoms with van der Waals surface area (Å²) in [5.74, 6) is 0.628. The Morgan fingerprint density at radius 2 is 1.87 bits per heavy atom. The summed E-state index contributed by atoms with van der Waals surface area (Å²) < 4.78 is 0. The smallest absolute Gasteiger partial charge is 0.119 e. The predicted molar refractivity (Wildman–Crippen MR) is 90.7 cm³/mol. The Morgan fingerprint density at radius 1 is 1.09 bits per heavy atom. The Kier molecular flexibility index (Phi) is 3.46. The molecule has 0 unspecified atom stereocenters. The topological polar surface area (TPSA) is 59.5 Å². The van der Waals surface area contributed by atoms with Crippen molar-refractivity contribution in [3.8, 4) is 11.5 Å². The van der Waals surface area contributed by atoms with Gasteiger partial charge in [-0.25, -0.2) is 0 Å². The van der Waals surface area contributed by atoms with E-state index in [1.54, 1.807) is 12.1 Å². The average Bonchev–Trinajstić information content (AvgIpc) is 3.15. The zero-order chi connectivity index (χ0) is 15.8. The van der Waals surface area contributed by atoms with Crippen molar-refractivity contribution in [1.82, 2.24) is 9.88 Å². The van der Waals surface area contributed by atoms with Crippen LogP contribution in [-0.2, 0) is 6.54 Å². The fourth-order valence-electron chi connectivity index (χ4n) is 3.61. The summed E-state index contributed by atoms with van der Waals surface area (Å²) in [4.78, 5) is 5.76. The standard InChI is InChI=1S/C19H20N2O2/c22-16-7-14(8-17(23)9-16)13-5-6-21(11-13)12-15-10-20-19-4-2-1-3-18(15)19/h1-4,7-10,13,20,22-23H,5-6,11-12H2/t13-/m1/s1. The van der Waals surface area contributed by atoms with Gasteiger partial charge in [0.2, 0.25) is 0 Å². The van der Waals surface area contributed by atoms with Gasteiger partial charge in [0.1, 0.15) is 11.5 Å². The zero-order valence-electron chi connectivity index (χ0n) is 12.9. The maximum atomic E-state index is 9.67. The first-order valence-corrected chi connectivity index (χ1v) is 7.99. The average molecular weight is 308 g/mol. The number of benzene rings is 2. The highest BCUT2D eigenvalue weighted by Gasteiger charge is 2.25. The molecule has 1 aromatic heterocycles. The number of phenols is 2. The molecule has 0 amide bonds. The van der Waals surface area contributed by atoms with Gasteiger partial charge in [0.25, 0.3) is 0 Å². The lowest BCUT2D eigenvalue weighted by Crippen LogP contribution is -2.19. The molecular formula is C19H20N2O2. The number of hydrogen-bond donors (Lipinski definition) is 3. The molecule has 118 valence electrons. The van der Waals surface area contributed by atoms with Gasteiger partial charge in [0.15, 0.2) is 0 Å². The Balaban J connectivity index is 1.50. The van der Waals surface area contributed by atoms with Crippen LogP contribution in [0, 0.1) is 0 Å². The zero-order valence-corrected chi connectivity index (χ0v) is 12.9. The van der Waals surface area contributed by atoms with Gasteiger partial charge in [-0.1, -0.05) is 18.2 Å². The number of likely N-dealkylation sites (tertiary alicyclic amines) is 1. The Labute approximate surface area is 135 Å². The third-order valence-corrected chi connectivity index (χ3v) is 4.74. The van der Waals surface area contributed by atoms with Gasteiger partial charge in [0, 0.05) is 36.3 Å². The third-order valence-electron chi connectivity index (χ3n) is 4.74. The lowest BCUT2D eigenvalue weighted by atomic mass is 9.98. The van der Waals surface area contributed by atoms with Crippen LogP contribution in [0.3, 0.4) is 0 Å². The van der Waals surface area contributed by atoms with E-state index in [2.05, 4.69) is 34.3 Å². The first kappa shape index (κ1) is 14.2. The summed E-state index contributed by atoms with van der Waals surface area (Å²) in [6.07, 6.45) is 3.14. The van der Waals surface area contributed by atoms with E-state index in [1.165, 1.54) is 22.5 Å². The van der Waals surface area contributed by atoms with E-state index < -0.39 is 0 Å². The molecule has 1 aliphatic rings. The van der Waals surface area contributed by atoms with E-state index in [0.717, 1.165) is 31.6 Å². The quantitative estimate of drug-likeness (QED) is 0.693. The fourth-order valence-corrected chi connectivity index (χ4v) is 3.61. The maximum Gasteiger partial charge on any atom is 0.119 e. The van der Waals surface area contributed by atoms with Crippen LogP contribution in [0.25, 0.3) is 10.9 Å². The molecule has 4 rings (SSSR count). The van der Waals surface area contributed by atoms with Gasteiger partial charge in [-0.3, -0.25) is 4.90 Å². The largest absolute Gasteiger partial charge is 0.508 e. The molecule has 2 heterocycles. The van der Waals surface area contributed by atoms with Crippen LogP contribution in [0.2, 0.25) is 0 Å². The minimum Gasteiger partial charge on any atom is -0.508 e. The number of rotatable bonds is 3. The van der Waals surface area contributed by atoms with Crippen LogP contribution < -0.4 is 0 Å². The second kappa shape index (κ2) is 5.63. The van der Waals surface area contributed by atoms with Gasteiger partial charge in [-0.15, -0.1) is 0 Å². The van der Waals surface area contributed by atoms with Crippen LogP contribution >= 0.6 is 0 Å². The van der Waals surface area contributed by atoms with E-state index in [9.17, 15) is 10.2 Å². The molecule has 2 aromatic carbocycles. The Morgan fingerprint density at radius 3 is 2.70 bits per heavy atom. The molecule has 0 bridgehead atoms. The highest BCUT2D eigenvalue weighted by atomic mass is 16.3. The molecular weight excluding hydrogens is 288 g/mol. The molecule has 1 saturated heterocycles. The molecule has 1 fully saturated rings. The summed E-state index contributed by atoms with van der Waals surface area (Å²) in [5, 5.41) is 20.6. The summed E-state index contributed by atoms with van der Waals surface area (Å²) in [5.41, 5.74) is 3.51. The second-order valence-electron chi connectivity index (χ2n) is 6.36. The van der Waals surface area contributed by atoms with Crippen LogP contribution in [0.1, 0.15) is 23.5 Å². The number of fused-ring (bicyclic) bond motifs is 1. The van der Waals surface area contributed by atoms with Gasteiger partial charge < -0.3 is 15.2 Å². The van der Waals surface area contributed by atoms with Crippen LogP contribution in [0.4, 0.5) is 0 Å². The molecule has 0 aliphatic carbocycles. The summed E-state index contributed by atoms with van der Waals surface area (Å²) >= 11 is 0. The van der Waals surface area contributed by atoms with E-state index in [-0.39, 0.29) is 11.5 Å². The van der Waals surface area contributed by atoms with E-state index in [0.29, 0.717) is 5.92 Å². The number of aromatic hydroxyl groups is 2. The summed E-state index contributed by atoms with van der Waals surface area (Å²) in [6, 6.07) is 13.3. The second-order valence-corrected chi connectivity index (χ2v) is 6.36. The number of aromatic nitrogens is 1. The predicted octanol–water partition coefficient (Wildman–Crippen LogP) is 3.57. The van der Waals surface area contributed by atoms with Crippen molar-refractivity contribution in [3.05, 3.63) is 59.8 Å². The van der Waals surface area contributed by atoms with Gasteiger partial charge in [-0.2, -0.15) is 0 Å². The van der Waals surface area contributed by atoms with Crippen molar-refractivity contribution < 1.29 is 10.2 Å². The SMILES string of the molecule is Oc1cc(O)cc([C@@H]2CCN(Cc3c[nH]c4ccccc34)C2)c1. The number of phenolic OH excluding ortho intramolecular Hbond substituents is 2. The number of nitrogens with one attached hydrogen (secondary N) is 1. The van der Waals surface area contributed by atoms with Crippen molar-refractivity contribution in [2.45, 2.75) is 18.9 Å². The molecule has 1 aliphatic heterocycles. The van der Waals surface area contributed by atoms with Gasteiger partial charge in [0.05, 0.1) is 0 Å². The van der Waals surface area contributed by atoms with Crippen LogP contribution in [-0.4, -0.2) is 33.2 Å². The van der Waals surface area contributed by atoms with Crippen molar-refractivity contribution >= 4 is 10.9 Å². The molecule has 1 atom stereocenters. The Bertz CT molecular complexity index is 820. The molecule has 23 heavy (non-hydrogen) atoms. The van der Waals surface area contributed by atoms with Crippen molar-refractivity contribution in [2.75, 3.05) is 13.1 Å². The highest BCUT2D eigenvalue weighted by Crippen LogP contribution is 2.33. The number of aromatic amines is 1. The molecule has 4 nitrogen and oxygen atoms in total. The summed E-state index contributed by atoms with van der Waals surface area (Å²) in [6.45, 7) is 2.90. The minimum atomic E-state index is 0.134.